The maximum absolute atomic E-state index is 5.87. The second kappa shape index (κ2) is 16.4. The summed E-state index contributed by atoms with van der Waals surface area (Å²) in [5, 5.41) is 7.24. The van der Waals surface area contributed by atoms with Gasteiger partial charge < -0.3 is 24.8 Å². The van der Waals surface area contributed by atoms with E-state index in [2.05, 4.69) is 15.6 Å². The van der Waals surface area contributed by atoms with E-state index < -0.39 is 0 Å². The number of hydrogen-bond acceptors (Lipinski definition) is 4. The van der Waals surface area contributed by atoms with Crippen molar-refractivity contribution in [3.05, 3.63) is 29.3 Å². The Balaban J connectivity index is 0.00000625. The normalized spacial score (nSPS) is 12.2. The van der Waals surface area contributed by atoms with Crippen LogP contribution in [0.2, 0.25) is 5.02 Å². The SMILES string of the molecule is CN=C(NCCCCOCCOC)NCC(C)Oc1ccc(Cl)cc1.I. The van der Waals surface area contributed by atoms with Gasteiger partial charge in [0, 0.05) is 32.3 Å². The predicted molar refractivity (Wildman–Crippen MR) is 118 cm³/mol. The molecule has 0 fully saturated rings. The van der Waals surface area contributed by atoms with Crippen molar-refractivity contribution in [3.63, 3.8) is 0 Å². The molecule has 0 aliphatic carbocycles. The van der Waals surface area contributed by atoms with Crippen LogP contribution in [0.15, 0.2) is 29.3 Å². The Kier molecular flexibility index (Phi) is 15.9. The molecule has 0 heterocycles. The number of methoxy groups -OCH3 is 1. The zero-order chi connectivity index (χ0) is 18.3. The molecule has 6 nitrogen and oxygen atoms in total. The van der Waals surface area contributed by atoms with Crippen LogP contribution in [0.1, 0.15) is 19.8 Å². The number of nitrogens with one attached hydrogen (secondary N) is 2. The van der Waals surface area contributed by atoms with Gasteiger partial charge in [-0.2, -0.15) is 0 Å². The number of guanidine groups is 1. The van der Waals surface area contributed by atoms with Crippen LogP contribution in [0.3, 0.4) is 0 Å². The molecule has 2 N–H and O–H groups in total. The van der Waals surface area contributed by atoms with Crippen LogP contribution in [-0.2, 0) is 9.47 Å². The molecule has 26 heavy (non-hydrogen) atoms. The Hall–Kier alpha value is -0.770. The monoisotopic (exact) mass is 499 g/mol. The van der Waals surface area contributed by atoms with Crippen LogP contribution in [-0.4, -0.2) is 59.1 Å². The molecule has 8 heteroatoms. The summed E-state index contributed by atoms with van der Waals surface area (Å²) >= 11 is 5.87. The van der Waals surface area contributed by atoms with E-state index in [0.717, 1.165) is 37.7 Å². The standard InChI is InChI=1S/C18H30ClN3O3.HI/c1-15(25-17-8-6-16(19)7-9-17)14-22-18(20-2)21-10-4-5-11-24-13-12-23-3;/h6-9,15H,4-5,10-14H2,1-3H3,(H2,20,21,22);1H. The summed E-state index contributed by atoms with van der Waals surface area (Å²) in [4.78, 5) is 4.21. The van der Waals surface area contributed by atoms with Crippen LogP contribution in [0, 0.1) is 0 Å². The highest BCUT2D eigenvalue weighted by atomic mass is 127. The summed E-state index contributed by atoms with van der Waals surface area (Å²) < 4.78 is 16.2. The highest BCUT2D eigenvalue weighted by molar-refractivity contribution is 14.0. The first-order valence-corrected chi connectivity index (χ1v) is 8.97. The first kappa shape index (κ1) is 25.2. The van der Waals surface area contributed by atoms with Gasteiger partial charge in [-0.05, 0) is 44.0 Å². The summed E-state index contributed by atoms with van der Waals surface area (Å²) in [5.74, 6) is 1.57. The lowest BCUT2D eigenvalue weighted by Crippen LogP contribution is -2.42. The lowest BCUT2D eigenvalue weighted by atomic mass is 10.3. The molecule has 1 unspecified atom stereocenters. The maximum atomic E-state index is 5.87. The molecule has 1 atom stereocenters. The molecule has 150 valence electrons. The maximum Gasteiger partial charge on any atom is 0.191 e. The average Bonchev–Trinajstić information content (AvgIpc) is 2.62. The van der Waals surface area contributed by atoms with Crippen molar-refractivity contribution in [2.45, 2.75) is 25.9 Å². The highest BCUT2D eigenvalue weighted by Gasteiger charge is 2.05. The van der Waals surface area contributed by atoms with E-state index >= 15 is 0 Å². The summed E-state index contributed by atoms with van der Waals surface area (Å²) in [5.41, 5.74) is 0. The fourth-order valence-corrected chi connectivity index (χ4v) is 2.15. The topological polar surface area (TPSA) is 64.1 Å². The van der Waals surface area contributed by atoms with Crippen molar-refractivity contribution in [2.24, 2.45) is 4.99 Å². The van der Waals surface area contributed by atoms with Gasteiger partial charge in [0.25, 0.3) is 0 Å². The minimum Gasteiger partial charge on any atom is -0.489 e. The quantitative estimate of drug-likeness (QED) is 0.200. The minimum absolute atomic E-state index is 0. The van der Waals surface area contributed by atoms with Gasteiger partial charge in [-0.3, -0.25) is 4.99 Å². The average molecular weight is 500 g/mol. The second-order valence-electron chi connectivity index (χ2n) is 5.57. The van der Waals surface area contributed by atoms with E-state index in [1.165, 1.54) is 0 Å². The highest BCUT2D eigenvalue weighted by Crippen LogP contribution is 2.16. The molecular formula is C18H31ClIN3O3. The molecule has 1 aromatic rings. The molecule has 1 rings (SSSR count). The smallest absolute Gasteiger partial charge is 0.191 e. The van der Waals surface area contributed by atoms with Crippen LogP contribution >= 0.6 is 35.6 Å². The van der Waals surface area contributed by atoms with Gasteiger partial charge in [-0.15, -0.1) is 24.0 Å². The van der Waals surface area contributed by atoms with Crippen LogP contribution in [0.5, 0.6) is 5.75 Å². The number of unbranched alkanes of at least 4 members (excludes halogenated alkanes) is 1. The van der Waals surface area contributed by atoms with Crippen molar-refractivity contribution in [1.29, 1.82) is 0 Å². The molecule has 0 bridgehead atoms. The van der Waals surface area contributed by atoms with Crippen LogP contribution in [0.4, 0.5) is 0 Å². The third kappa shape index (κ3) is 12.6. The van der Waals surface area contributed by atoms with Gasteiger partial charge >= 0.3 is 0 Å². The van der Waals surface area contributed by atoms with E-state index in [1.54, 1.807) is 14.2 Å². The lowest BCUT2D eigenvalue weighted by molar-refractivity contribution is 0.0689. The predicted octanol–water partition coefficient (Wildman–Crippen LogP) is 3.33. The fourth-order valence-electron chi connectivity index (χ4n) is 2.03. The largest absolute Gasteiger partial charge is 0.489 e. The van der Waals surface area contributed by atoms with Crippen molar-refractivity contribution >= 4 is 41.5 Å². The number of benzene rings is 1. The van der Waals surface area contributed by atoms with Crippen molar-refractivity contribution < 1.29 is 14.2 Å². The number of hydrogen-bond donors (Lipinski definition) is 2. The minimum atomic E-state index is 0. The second-order valence-corrected chi connectivity index (χ2v) is 6.01. The Labute approximate surface area is 179 Å². The van der Waals surface area contributed by atoms with Gasteiger partial charge in [0.2, 0.25) is 0 Å². The number of nitrogens with zero attached hydrogens (tertiary/aromatic N) is 1. The molecule has 0 aliphatic rings. The van der Waals surface area contributed by atoms with Crippen LogP contribution < -0.4 is 15.4 Å². The van der Waals surface area contributed by atoms with Crippen molar-refractivity contribution in [1.82, 2.24) is 10.6 Å². The number of ether oxygens (including phenoxy) is 3. The summed E-state index contributed by atoms with van der Waals surface area (Å²) in [6.07, 6.45) is 2.03. The van der Waals surface area contributed by atoms with Crippen molar-refractivity contribution in [3.8, 4) is 5.75 Å². The molecule has 0 saturated carbocycles. The molecular weight excluding hydrogens is 469 g/mol. The third-order valence-corrected chi connectivity index (χ3v) is 3.62. The molecule has 0 spiro atoms. The molecule has 0 radical (unpaired) electrons. The first-order valence-electron chi connectivity index (χ1n) is 8.59. The number of halogens is 2. The van der Waals surface area contributed by atoms with E-state index in [0.29, 0.717) is 24.8 Å². The summed E-state index contributed by atoms with van der Waals surface area (Å²) in [6, 6.07) is 7.36. The van der Waals surface area contributed by atoms with Crippen LogP contribution in [0.25, 0.3) is 0 Å². The van der Waals surface area contributed by atoms with Gasteiger partial charge in [0.15, 0.2) is 5.96 Å². The Morgan fingerprint density at radius 1 is 1.12 bits per heavy atom. The Bertz CT molecular complexity index is 489. The van der Waals surface area contributed by atoms with Gasteiger partial charge in [0.05, 0.1) is 19.8 Å². The Morgan fingerprint density at radius 3 is 2.50 bits per heavy atom. The van der Waals surface area contributed by atoms with Gasteiger partial charge in [0.1, 0.15) is 11.9 Å². The Morgan fingerprint density at radius 2 is 1.85 bits per heavy atom. The summed E-state index contributed by atoms with van der Waals surface area (Å²) in [7, 11) is 3.43. The molecule has 0 amide bonds. The molecule has 1 aromatic carbocycles. The lowest BCUT2D eigenvalue weighted by Gasteiger charge is -2.17. The van der Waals surface area contributed by atoms with E-state index in [4.69, 9.17) is 25.8 Å². The van der Waals surface area contributed by atoms with Crippen molar-refractivity contribution in [2.75, 3.05) is 47.1 Å². The number of rotatable bonds is 12. The zero-order valence-electron chi connectivity index (χ0n) is 15.8. The zero-order valence-corrected chi connectivity index (χ0v) is 18.9. The van der Waals surface area contributed by atoms with E-state index in [-0.39, 0.29) is 30.1 Å². The fraction of sp³-hybridized carbons (Fsp3) is 0.611. The first-order chi connectivity index (χ1) is 12.2. The van der Waals surface area contributed by atoms with E-state index in [1.807, 2.05) is 31.2 Å². The summed E-state index contributed by atoms with van der Waals surface area (Å²) in [6.45, 7) is 5.56. The third-order valence-electron chi connectivity index (χ3n) is 3.37. The molecule has 0 saturated heterocycles. The molecule has 0 aliphatic heterocycles. The van der Waals surface area contributed by atoms with Gasteiger partial charge in [-0.25, -0.2) is 0 Å². The van der Waals surface area contributed by atoms with E-state index in [9.17, 15) is 0 Å². The molecule has 0 aromatic heterocycles. The van der Waals surface area contributed by atoms with Gasteiger partial charge in [-0.1, -0.05) is 11.6 Å². The number of aliphatic imine (C=N–C) groups is 1.